The molecule has 0 saturated carbocycles. The van der Waals surface area contributed by atoms with Crippen molar-refractivity contribution >= 4 is 17.4 Å². The highest BCUT2D eigenvalue weighted by atomic mass is 16.5. The minimum Gasteiger partial charge on any atom is -0.507 e. The molecule has 0 spiro atoms. The number of aliphatic hydroxyl groups excluding tert-OH is 1. The second kappa shape index (κ2) is 10.2. The van der Waals surface area contributed by atoms with Gasteiger partial charge in [0, 0.05) is 18.7 Å². The first-order valence-electron chi connectivity index (χ1n) is 10.3. The van der Waals surface area contributed by atoms with Crippen LogP contribution in [0, 0.1) is 0 Å². The first-order valence-corrected chi connectivity index (χ1v) is 10.3. The van der Waals surface area contributed by atoms with Gasteiger partial charge in [-0.15, -0.1) is 0 Å². The number of benzene rings is 2. The Morgan fingerprint density at radius 3 is 2.28 bits per heavy atom. The van der Waals surface area contributed by atoms with Crippen LogP contribution in [-0.2, 0) is 9.59 Å². The number of likely N-dealkylation sites (N-methyl/N-ethyl adjacent to an activating group) is 1. The molecule has 1 N–H and O–H groups in total. The maximum absolute atomic E-state index is 13.0. The van der Waals surface area contributed by atoms with Crippen molar-refractivity contribution in [1.82, 2.24) is 9.80 Å². The van der Waals surface area contributed by atoms with E-state index in [4.69, 9.17) is 9.47 Å². The number of amides is 1. The Morgan fingerprint density at radius 2 is 1.72 bits per heavy atom. The van der Waals surface area contributed by atoms with Gasteiger partial charge in [0.25, 0.3) is 11.7 Å². The van der Waals surface area contributed by atoms with Crippen molar-refractivity contribution in [3.8, 4) is 11.5 Å². The second-order valence-corrected chi connectivity index (χ2v) is 7.69. The zero-order valence-electron chi connectivity index (χ0n) is 18.6. The maximum atomic E-state index is 13.0. The fourth-order valence-corrected chi connectivity index (χ4v) is 3.57. The van der Waals surface area contributed by atoms with Gasteiger partial charge >= 0.3 is 0 Å². The standard InChI is InChI=1S/C25H28N2O5/c1-5-16-32-20-12-6-17(7-13-20)22-21(23(28)18-8-10-19(31-4)11-9-18)24(29)25(30)27(22)15-14-26(2)3/h5-13,22,28H,1,14-16H2,2-4H3/t22-/m1/s1. The molecule has 3 rings (SSSR count). The third kappa shape index (κ3) is 4.84. The summed E-state index contributed by atoms with van der Waals surface area (Å²) in [5.74, 6) is -0.267. The zero-order valence-corrected chi connectivity index (χ0v) is 18.6. The lowest BCUT2D eigenvalue weighted by molar-refractivity contribution is -0.140. The highest BCUT2D eigenvalue weighted by Gasteiger charge is 2.45. The van der Waals surface area contributed by atoms with Crippen LogP contribution in [0.15, 0.2) is 66.8 Å². The molecule has 0 radical (unpaired) electrons. The van der Waals surface area contributed by atoms with Crippen molar-refractivity contribution in [1.29, 1.82) is 0 Å². The molecule has 1 saturated heterocycles. The molecule has 0 unspecified atom stereocenters. The molecule has 2 aromatic rings. The van der Waals surface area contributed by atoms with Crippen molar-refractivity contribution in [2.45, 2.75) is 6.04 Å². The van der Waals surface area contributed by atoms with Gasteiger partial charge in [0.05, 0.1) is 18.7 Å². The fraction of sp³-hybridized carbons (Fsp3) is 0.280. The third-order valence-electron chi connectivity index (χ3n) is 5.26. The van der Waals surface area contributed by atoms with E-state index in [0.29, 0.717) is 42.3 Å². The Balaban J connectivity index is 2.06. The fourth-order valence-electron chi connectivity index (χ4n) is 3.57. The molecule has 7 heteroatoms. The predicted octanol–water partition coefficient (Wildman–Crippen LogP) is 3.24. The number of rotatable bonds is 9. The largest absolute Gasteiger partial charge is 0.507 e. The molecule has 1 heterocycles. The van der Waals surface area contributed by atoms with Crippen LogP contribution in [0.4, 0.5) is 0 Å². The van der Waals surface area contributed by atoms with E-state index in [0.717, 1.165) is 0 Å². The summed E-state index contributed by atoms with van der Waals surface area (Å²) in [6, 6.07) is 13.2. The smallest absolute Gasteiger partial charge is 0.295 e. The van der Waals surface area contributed by atoms with Gasteiger partial charge in [0.15, 0.2) is 0 Å². The number of nitrogens with zero attached hydrogens (tertiary/aromatic N) is 2. The first-order chi connectivity index (χ1) is 15.4. The summed E-state index contributed by atoms with van der Waals surface area (Å²) < 4.78 is 10.7. The maximum Gasteiger partial charge on any atom is 0.295 e. The highest BCUT2D eigenvalue weighted by Crippen LogP contribution is 2.39. The molecule has 1 amide bonds. The number of carbonyl (C=O) groups excluding carboxylic acids is 2. The van der Waals surface area contributed by atoms with E-state index in [1.54, 1.807) is 61.7 Å². The summed E-state index contributed by atoms with van der Waals surface area (Å²) in [6.45, 7) is 4.93. The van der Waals surface area contributed by atoms with Crippen LogP contribution in [0.2, 0.25) is 0 Å². The molecule has 0 aliphatic carbocycles. The summed E-state index contributed by atoms with van der Waals surface area (Å²) in [5.41, 5.74) is 1.22. The van der Waals surface area contributed by atoms with Crippen LogP contribution in [-0.4, -0.2) is 67.5 Å². The molecule has 2 aromatic carbocycles. The van der Waals surface area contributed by atoms with E-state index >= 15 is 0 Å². The molecular formula is C25H28N2O5. The zero-order chi connectivity index (χ0) is 23.3. The number of Topliss-reactive ketones (excluding diaryl/α,β-unsaturated/α-hetero) is 1. The summed E-state index contributed by atoms with van der Waals surface area (Å²) >= 11 is 0. The lowest BCUT2D eigenvalue weighted by atomic mass is 9.95. The molecule has 1 aliphatic rings. The monoisotopic (exact) mass is 436 g/mol. The molecular weight excluding hydrogens is 408 g/mol. The van der Waals surface area contributed by atoms with E-state index in [1.165, 1.54) is 4.90 Å². The van der Waals surface area contributed by atoms with Crippen molar-refractivity contribution in [3.63, 3.8) is 0 Å². The van der Waals surface area contributed by atoms with E-state index in [2.05, 4.69) is 6.58 Å². The highest BCUT2D eigenvalue weighted by molar-refractivity contribution is 6.46. The van der Waals surface area contributed by atoms with Crippen molar-refractivity contribution < 1.29 is 24.2 Å². The summed E-state index contributed by atoms with van der Waals surface area (Å²) in [6.07, 6.45) is 1.65. The Labute approximate surface area is 188 Å². The Kier molecular flexibility index (Phi) is 7.33. The van der Waals surface area contributed by atoms with Crippen molar-refractivity contribution in [2.75, 3.05) is 40.9 Å². The molecule has 32 heavy (non-hydrogen) atoms. The Hall–Kier alpha value is -3.58. The molecule has 0 bridgehead atoms. The number of hydrogen-bond donors (Lipinski definition) is 1. The minimum atomic E-state index is -0.703. The average molecular weight is 437 g/mol. The number of aliphatic hydroxyl groups is 1. The number of ether oxygens (including phenoxy) is 2. The summed E-state index contributed by atoms with van der Waals surface area (Å²) in [7, 11) is 5.34. The topological polar surface area (TPSA) is 79.3 Å². The van der Waals surface area contributed by atoms with Crippen LogP contribution in [0.25, 0.3) is 5.76 Å². The van der Waals surface area contributed by atoms with Gasteiger partial charge in [-0.2, -0.15) is 0 Å². The quantitative estimate of drug-likeness (QED) is 0.281. The third-order valence-corrected chi connectivity index (χ3v) is 5.26. The molecule has 168 valence electrons. The Bertz CT molecular complexity index is 1010. The summed E-state index contributed by atoms with van der Waals surface area (Å²) in [5, 5.41) is 11.1. The molecule has 7 nitrogen and oxygen atoms in total. The van der Waals surface area contributed by atoms with E-state index < -0.39 is 17.7 Å². The normalized spacial score (nSPS) is 17.6. The Morgan fingerprint density at radius 1 is 1.09 bits per heavy atom. The van der Waals surface area contributed by atoms with Crippen LogP contribution >= 0.6 is 0 Å². The second-order valence-electron chi connectivity index (χ2n) is 7.69. The molecule has 1 aliphatic heterocycles. The molecule has 0 aromatic heterocycles. The van der Waals surface area contributed by atoms with Gasteiger partial charge in [0.1, 0.15) is 23.9 Å². The van der Waals surface area contributed by atoms with E-state index in [1.807, 2.05) is 19.0 Å². The first kappa shape index (κ1) is 23.1. The number of carbonyl (C=O) groups is 2. The van der Waals surface area contributed by atoms with Crippen LogP contribution in [0.3, 0.4) is 0 Å². The molecule has 1 fully saturated rings. The van der Waals surface area contributed by atoms with Gasteiger partial charge in [-0.1, -0.05) is 24.8 Å². The van der Waals surface area contributed by atoms with Crippen molar-refractivity contribution in [3.05, 3.63) is 77.9 Å². The predicted molar refractivity (Wildman–Crippen MR) is 123 cm³/mol. The van der Waals surface area contributed by atoms with Gasteiger partial charge in [0.2, 0.25) is 0 Å². The number of hydrogen-bond acceptors (Lipinski definition) is 6. The van der Waals surface area contributed by atoms with E-state index in [9.17, 15) is 14.7 Å². The number of ketones is 1. The molecule has 1 atom stereocenters. The van der Waals surface area contributed by atoms with Gasteiger partial charge in [-0.05, 0) is 56.1 Å². The lowest BCUT2D eigenvalue weighted by Crippen LogP contribution is -2.35. The van der Waals surface area contributed by atoms with E-state index in [-0.39, 0.29) is 11.3 Å². The van der Waals surface area contributed by atoms with Crippen LogP contribution in [0.1, 0.15) is 17.2 Å². The average Bonchev–Trinajstić information content (AvgIpc) is 3.06. The van der Waals surface area contributed by atoms with Crippen LogP contribution in [0.5, 0.6) is 11.5 Å². The summed E-state index contributed by atoms with van der Waals surface area (Å²) in [4.78, 5) is 29.4. The lowest BCUT2D eigenvalue weighted by Gasteiger charge is -2.26. The number of methoxy groups -OCH3 is 1. The number of likely N-dealkylation sites (tertiary alicyclic amines) is 1. The van der Waals surface area contributed by atoms with Gasteiger partial charge < -0.3 is 24.4 Å². The SMILES string of the molecule is C=CCOc1ccc([C@@H]2C(=C(O)c3ccc(OC)cc3)C(=O)C(=O)N2CCN(C)C)cc1. The van der Waals surface area contributed by atoms with Gasteiger partial charge in [-0.25, -0.2) is 0 Å². The van der Waals surface area contributed by atoms with Crippen LogP contribution < -0.4 is 9.47 Å². The van der Waals surface area contributed by atoms with Gasteiger partial charge in [-0.3, -0.25) is 9.59 Å². The minimum absolute atomic E-state index is 0.0682. The van der Waals surface area contributed by atoms with Crippen molar-refractivity contribution in [2.24, 2.45) is 0 Å².